The smallest absolute Gasteiger partial charge is 0.220 e. The Bertz CT molecular complexity index is 679. The van der Waals surface area contributed by atoms with E-state index in [1.165, 1.54) is 25.0 Å². The number of hydrogen-bond donors (Lipinski definition) is 1. The maximum Gasteiger partial charge on any atom is 0.220 e. The third-order valence-electron chi connectivity index (χ3n) is 5.21. The van der Waals surface area contributed by atoms with Gasteiger partial charge in [0.05, 0.1) is 12.3 Å². The molecule has 26 heavy (non-hydrogen) atoms. The summed E-state index contributed by atoms with van der Waals surface area (Å²) in [5.74, 6) is 0.777. The summed E-state index contributed by atoms with van der Waals surface area (Å²) in [6, 6.07) is 10.4. The van der Waals surface area contributed by atoms with Crippen LogP contribution in [0.4, 0.5) is 4.39 Å². The molecule has 0 aliphatic carbocycles. The summed E-state index contributed by atoms with van der Waals surface area (Å²) in [5, 5.41) is 3.08. The molecule has 1 N–H and O–H groups in total. The van der Waals surface area contributed by atoms with Crippen molar-refractivity contribution in [3.05, 3.63) is 59.8 Å². The molecule has 1 aliphatic heterocycles. The summed E-state index contributed by atoms with van der Waals surface area (Å²) in [6.45, 7) is 4.67. The molecule has 1 aromatic heterocycles. The van der Waals surface area contributed by atoms with Crippen LogP contribution in [0.5, 0.6) is 0 Å². The molecule has 4 nitrogen and oxygen atoms in total. The lowest BCUT2D eigenvalue weighted by molar-refractivity contribution is -0.121. The monoisotopic (exact) mass is 358 g/mol. The van der Waals surface area contributed by atoms with Gasteiger partial charge in [-0.1, -0.05) is 19.1 Å². The van der Waals surface area contributed by atoms with Crippen LogP contribution in [0.15, 0.2) is 47.1 Å². The van der Waals surface area contributed by atoms with Gasteiger partial charge in [0.2, 0.25) is 5.91 Å². The van der Waals surface area contributed by atoms with E-state index in [0.717, 1.165) is 30.8 Å². The van der Waals surface area contributed by atoms with E-state index < -0.39 is 0 Å². The quantitative estimate of drug-likeness (QED) is 0.767. The van der Waals surface area contributed by atoms with Crippen molar-refractivity contribution in [2.75, 3.05) is 19.6 Å². The molecule has 2 atom stereocenters. The zero-order valence-electron chi connectivity index (χ0n) is 15.3. The number of hydrogen-bond acceptors (Lipinski definition) is 3. The van der Waals surface area contributed by atoms with Crippen molar-refractivity contribution in [1.82, 2.24) is 10.2 Å². The van der Waals surface area contributed by atoms with Gasteiger partial charge in [-0.05, 0) is 68.1 Å². The van der Waals surface area contributed by atoms with Gasteiger partial charge in [-0.25, -0.2) is 4.39 Å². The molecule has 1 fully saturated rings. The van der Waals surface area contributed by atoms with Crippen molar-refractivity contribution in [3.63, 3.8) is 0 Å². The fourth-order valence-electron chi connectivity index (χ4n) is 3.68. The topological polar surface area (TPSA) is 45.5 Å². The van der Waals surface area contributed by atoms with Crippen molar-refractivity contribution in [2.24, 2.45) is 0 Å². The molecule has 1 saturated heterocycles. The Balaban J connectivity index is 1.58. The van der Waals surface area contributed by atoms with Gasteiger partial charge in [0.1, 0.15) is 11.6 Å². The molecule has 2 unspecified atom stereocenters. The average Bonchev–Trinajstić information content (AvgIpc) is 3.35. The predicted octanol–water partition coefficient (Wildman–Crippen LogP) is 4.26. The highest BCUT2D eigenvalue weighted by Gasteiger charge is 2.26. The van der Waals surface area contributed by atoms with Crippen molar-refractivity contribution in [1.29, 1.82) is 0 Å². The molecule has 2 heterocycles. The van der Waals surface area contributed by atoms with Crippen LogP contribution in [-0.4, -0.2) is 30.4 Å². The van der Waals surface area contributed by atoms with Crippen LogP contribution in [0.1, 0.15) is 55.9 Å². The lowest BCUT2D eigenvalue weighted by Gasteiger charge is -2.26. The van der Waals surface area contributed by atoms with E-state index in [2.05, 4.69) is 17.1 Å². The minimum atomic E-state index is -0.250. The molecule has 3 rings (SSSR count). The molecule has 0 radical (unpaired) electrons. The van der Waals surface area contributed by atoms with E-state index in [9.17, 15) is 9.18 Å². The first-order chi connectivity index (χ1) is 12.7. The number of likely N-dealkylation sites (tertiary alicyclic amines) is 1. The fraction of sp³-hybridized carbons (Fsp3) is 0.476. The Labute approximate surface area is 154 Å². The zero-order chi connectivity index (χ0) is 18.4. The maximum atomic E-state index is 13.1. The van der Waals surface area contributed by atoms with E-state index in [0.29, 0.717) is 13.0 Å². The second kappa shape index (κ2) is 8.99. The highest BCUT2D eigenvalue weighted by molar-refractivity contribution is 5.76. The number of rotatable bonds is 8. The fourth-order valence-corrected chi connectivity index (χ4v) is 3.68. The van der Waals surface area contributed by atoms with Crippen molar-refractivity contribution < 1.29 is 13.6 Å². The van der Waals surface area contributed by atoms with E-state index in [1.807, 2.05) is 12.1 Å². The van der Waals surface area contributed by atoms with Crippen LogP contribution in [0, 0.1) is 5.82 Å². The van der Waals surface area contributed by atoms with Gasteiger partial charge < -0.3 is 9.73 Å². The molecule has 2 aromatic rings. The van der Waals surface area contributed by atoms with Crippen LogP contribution in [-0.2, 0) is 4.79 Å². The number of nitrogens with zero attached hydrogens (tertiary/aromatic N) is 1. The van der Waals surface area contributed by atoms with Gasteiger partial charge in [0.15, 0.2) is 0 Å². The predicted molar refractivity (Wildman–Crippen MR) is 99.3 cm³/mol. The molecule has 0 saturated carbocycles. The second-order valence-corrected chi connectivity index (χ2v) is 6.94. The molecule has 0 bridgehead atoms. The normalized spacial score (nSPS) is 17.2. The molecule has 1 aromatic carbocycles. The Morgan fingerprint density at radius 2 is 1.96 bits per heavy atom. The Hall–Kier alpha value is -2.14. The maximum absolute atomic E-state index is 13.1. The minimum absolute atomic E-state index is 0.0249. The van der Waals surface area contributed by atoms with Crippen LogP contribution < -0.4 is 5.32 Å². The number of amides is 1. The summed E-state index contributed by atoms with van der Waals surface area (Å²) < 4.78 is 18.7. The van der Waals surface area contributed by atoms with Crippen LogP contribution >= 0.6 is 0 Å². The van der Waals surface area contributed by atoms with E-state index >= 15 is 0 Å². The van der Waals surface area contributed by atoms with E-state index in [4.69, 9.17) is 4.42 Å². The number of halogens is 1. The summed E-state index contributed by atoms with van der Waals surface area (Å²) in [7, 11) is 0. The Morgan fingerprint density at radius 1 is 1.23 bits per heavy atom. The first kappa shape index (κ1) is 18.6. The lowest BCUT2D eigenvalue weighted by atomic mass is 9.93. The van der Waals surface area contributed by atoms with Crippen molar-refractivity contribution in [2.45, 2.75) is 44.6 Å². The highest BCUT2D eigenvalue weighted by Crippen LogP contribution is 2.26. The van der Waals surface area contributed by atoms with E-state index in [1.54, 1.807) is 18.4 Å². The summed E-state index contributed by atoms with van der Waals surface area (Å²) in [5.41, 5.74) is 1.01. The van der Waals surface area contributed by atoms with Gasteiger partial charge >= 0.3 is 0 Å². The van der Waals surface area contributed by atoms with Gasteiger partial charge in [0, 0.05) is 13.0 Å². The SMILES string of the molecule is CCC(CC(=O)NCC(c1ccco1)N1CCCC1)c1ccc(F)cc1. The lowest BCUT2D eigenvalue weighted by Crippen LogP contribution is -2.37. The number of furan rings is 1. The molecule has 0 spiro atoms. The first-order valence-electron chi connectivity index (χ1n) is 9.47. The van der Waals surface area contributed by atoms with Gasteiger partial charge in [-0.3, -0.25) is 9.69 Å². The summed E-state index contributed by atoms with van der Waals surface area (Å²) in [6.07, 6.45) is 5.31. The molecule has 140 valence electrons. The summed E-state index contributed by atoms with van der Waals surface area (Å²) >= 11 is 0. The number of benzene rings is 1. The minimum Gasteiger partial charge on any atom is -0.468 e. The van der Waals surface area contributed by atoms with Gasteiger partial charge in [-0.2, -0.15) is 0 Å². The van der Waals surface area contributed by atoms with Crippen LogP contribution in [0.3, 0.4) is 0 Å². The highest BCUT2D eigenvalue weighted by atomic mass is 19.1. The molecule has 5 heteroatoms. The Morgan fingerprint density at radius 3 is 2.58 bits per heavy atom. The van der Waals surface area contributed by atoms with E-state index in [-0.39, 0.29) is 23.7 Å². The molecular formula is C21H27FN2O2. The second-order valence-electron chi connectivity index (χ2n) is 6.94. The molecule has 1 amide bonds. The molecule has 1 aliphatic rings. The standard InChI is InChI=1S/C21H27FN2O2/c1-2-16(17-7-9-18(22)10-8-17)14-21(25)23-15-19(20-6-5-13-26-20)24-11-3-4-12-24/h5-10,13,16,19H,2-4,11-12,14-15H2,1H3,(H,23,25). The first-order valence-corrected chi connectivity index (χ1v) is 9.47. The van der Waals surface area contributed by atoms with Crippen molar-refractivity contribution >= 4 is 5.91 Å². The number of carbonyl (C=O) groups excluding carboxylic acids is 1. The van der Waals surface area contributed by atoms with Crippen molar-refractivity contribution in [3.8, 4) is 0 Å². The third kappa shape index (κ3) is 4.73. The van der Waals surface area contributed by atoms with Gasteiger partial charge in [0.25, 0.3) is 0 Å². The molecular weight excluding hydrogens is 331 g/mol. The average molecular weight is 358 g/mol. The van der Waals surface area contributed by atoms with Crippen LogP contribution in [0.2, 0.25) is 0 Å². The number of nitrogens with one attached hydrogen (secondary N) is 1. The van der Waals surface area contributed by atoms with Crippen LogP contribution in [0.25, 0.3) is 0 Å². The zero-order valence-corrected chi connectivity index (χ0v) is 15.3. The largest absolute Gasteiger partial charge is 0.468 e. The third-order valence-corrected chi connectivity index (χ3v) is 5.21. The van der Waals surface area contributed by atoms with Gasteiger partial charge in [-0.15, -0.1) is 0 Å². The Kier molecular flexibility index (Phi) is 6.45. The summed E-state index contributed by atoms with van der Waals surface area (Å²) in [4.78, 5) is 14.9. The number of carbonyl (C=O) groups is 1.